The first-order chi connectivity index (χ1) is 5.87. The Morgan fingerprint density at radius 1 is 1.25 bits per heavy atom. The summed E-state index contributed by atoms with van der Waals surface area (Å²) in [5.41, 5.74) is 0.361. The lowest BCUT2D eigenvalue weighted by atomic mass is 9.97. The van der Waals surface area contributed by atoms with Crippen LogP contribution in [0.3, 0.4) is 0 Å². The lowest BCUT2D eigenvalue weighted by Gasteiger charge is -2.41. The summed E-state index contributed by atoms with van der Waals surface area (Å²) in [5.74, 6) is 0. The Morgan fingerprint density at radius 2 is 2.00 bits per heavy atom. The van der Waals surface area contributed by atoms with Crippen LogP contribution in [-0.2, 0) is 0 Å². The first kappa shape index (κ1) is 8.48. The minimum atomic E-state index is 0.361. The second-order valence-corrected chi connectivity index (χ2v) is 3.79. The molecule has 0 unspecified atom stereocenters. The van der Waals surface area contributed by atoms with Crippen molar-refractivity contribution >= 4 is 0 Å². The molecule has 2 fully saturated rings. The van der Waals surface area contributed by atoms with Crippen molar-refractivity contribution in [1.29, 1.82) is 0 Å². The van der Waals surface area contributed by atoms with E-state index in [9.17, 15) is 0 Å². The first-order valence-electron chi connectivity index (χ1n) is 5.08. The Morgan fingerprint density at radius 3 is 2.67 bits per heavy atom. The molecule has 0 aromatic heterocycles. The van der Waals surface area contributed by atoms with E-state index in [1.807, 2.05) is 0 Å². The molecule has 3 heteroatoms. The minimum absolute atomic E-state index is 0.361. The van der Waals surface area contributed by atoms with E-state index >= 15 is 0 Å². The summed E-state index contributed by atoms with van der Waals surface area (Å²) in [6, 6.07) is 0. The number of nitrogens with zero attached hydrogens (tertiary/aromatic N) is 1. The zero-order valence-corrected chi connectivity index (χ0v) is 7.90. The molecule has 2 N–H and O–H groups in total. The van der Waals surface area contributed by atoms with Crippen molar-refractivity contribution in [3.8, 4) is 0 Å². The fraction of sp³-hybridized carbons (Fsp3) is 1.00. The molecular weight excluding hydrogens is 150 g/mol. The van der Waals surface area contributed by atoms with Gasteiger partial charge in [-0.25, -0.2) is 0 Å². The predicted octanol–water partition coefficient (Wildman–Crippen LogP) is -0.00880. The molecule has 0 saturated carbocycles. The van der Waals surface area contributed by atoms with Crippen molar-refractivity contribution in [2.45, 2.75) is 25.4 Å². The monoisotopic (exact) mass is 169 g/mol. The Labute approximate surface area is 74.5 Å². The van der Waals surface area contributed by atoms with Gasteiger partial charge in [-0.15, -0.1) is 0 Å². The van der Waals surface area contributed by atoms with Crippen LogP contribution < -0.4 is 10.6 Å². The molecule has 2 heterocycles. The summed E-state index contributed by atoms with van der Waals surface area (Å²) < 4.78 is 0. The number of hydrogen-bond acceptors (Lipinski definition) is 3. The molecular formula is C9H19N3. The third-order valence-corrected chi connectivity index (χ3v) is 3.25. The number of hydrogen-bond donors (Lipinski definition) is 2. The summed E-state index contributed by atoms with van der Waals surface area (Å²) in [5, 5.41) is 7.07. The van der Waals surface area contributed by atoms with Crippen LogP contribution in [0.2, 0.25) is 0 Å². The fourth-order valence-electron chi connectivity index (χ4n) is 2.54. The number of piperidine rings is 1. The highest BCUT2D eigenvalue weighted by atomic mass is 15.4. The summed E-state index contributed by atoms with van der Waals surface area (Å²) in [7, 11) is 0. The average molecular weight is 169 g/mol. The molecule has 0 aromatic carbocycles. The maximum Gasteiger partial charge on any atom is 0.0737 e. The Balaban J connectivity index is 2.05. The van der Waals surface area contributed by atoms with Gasteiger partial charge in [0.15, 0.2) is 0 Å². The quantitative estimate of drug-likeness (QED) is 0.578. The molecule has 12 heavy (non-hydrogen) atoms. The van der Waals surface area contributed by atoms with Gasteiger partial charge in [0, 0.05) is 13.1 Å². The number of nitrogens with one attached hydrogen (secondary N) is 2. The fourth-order valence-corrected chi connectivity index (χ4v) is 2.54. The van der Waals surface area contributed by atoms with Gasteiger partial charge in [-0.3, -0.25) is 10.2 Å². The molecule has 0 amide bonds. The van der Waals surface area contributed by atoms with Gasteiger partial charge in [0.05, 0.1) is 5.66 Å². The maximum absolute atomic E-state index is 3.66. The van der Waals surface area contributed by atoms with Crippen molar-refractivity contribution in [2.75, 3.05) is 32.7 Å². The third kappa shape index (κ3) is 1.26. The van der Waals surface area contributed by atoms with E-state index in [2.05, 4.69) is 22.5 Å². The summed E-state index contributed by atoms with van der Waals surface area (Å²) in [4.78, 5) is 2.59. The SMILES string of the molecule is CCN1CCNC12CCNCC2. The van der Waals surface area contributed by atoms with E-state index < -0.39 is 0 Å². The van der Waals surface area contributed by atoms with Gasteiger partial charge in [0.2, 0.25) is 0 Å². The molecule has 0 atom stereocenters. The van der Waals surface area contributed by atoms with Gasteiger partial charge in [0.1, 0.15) is 0 Å². The zero-order valence-electron chi connectivity index (χ0n) is 7.90. The van der Waals surface area contributed by atoms with Crippen molar-refractivity contribution in [3.05, 3.63) is 0 Å². The molecule has 2 aliphatic heterocycles. The lowest BCUT2D eigenvalue weighted by molar-refractivity contribution is 0.0874. The minimum Gasteiger partial charge on any atom is -0.316 e. The van der Waals surface area contributed by atoms with Crippen LogP contribution >= 0.6 is 0 Å². The van der Waals surface area contributed by atoms with Crippen molar-refractivity contribution in [2.24, 2.45) is 0 Å². The normalized spacial score (nSPS) is 29.8. The highest BCUT2D eigenvalue weighted by molar-refractivity contribution is 4.96. The van der Waals surface area contributed by atoms with Gasteiger partial charge in [0.25, 0.3) is 0 Å². The van der Waals surface area contributed by atoms with E-state index in [1.54, 1.807) is 0 Å². The Kier molecular flexibility index (Phi) is 2.35. The third-order valence-electron chi connectivity index (χ3n) is 3.25. The van der Waals surface area contributed by atoms with Crippen LogP contribution in [0.4, 0.5) is 0 Å². The molecule has 0 radical (unpaired) electrons. The summed E-state index contributed by atoms with van der Waals surface area (Å²) in [6.45, 7) is 8.20. The van der Waals surface area contributed by atoms with Crippen LogP contribution in [0.15, 0.2) is 0 Å². The second kappa shape index (κ2) is 3.32. The van der Waals surface area contributed by atoms with Gasteiger partial charge in [-0.05, 0) is 32.5 Å². The van der Waals surface area contributed by atoms with E-state index in [1.165, 1.54) is 45.6 Å². The van der Waals surface area contributed by atoms with E-state index in [4.69, 9.17) is 0 Å². The van der Waals surface area contributed by atoms with Crippen LogP contribution in [0.1, 0.15) is 19.8 Å². The molecule has 0 aromatic rings. The van der Waals surface area contributed by atoms with Gasteiger partial charge in [-0.2, -0.15) is 0 Å². The molecule has 3 nitrogen and oxygen atoms in total. The number of rotatable bonds is 1. The van der Waals surface area contributed by atoms with Gasteiger partial charge in [-0.1, -0.05) is 6.92 Å². The smallest absolute Gasteiger partial charge is 0.0737 e. The molecule has 0 aliphatic carbocycles. The van der Waals surface area contributed by atoms with Crippen LogP contribution in [0.5, 0.6) is 0 Å². The second-order valence-electron chi connectivity index (χ2n) is 3.79. The number of likely N-dealkylation sites (N-methyl/N-ethyl adjacent to an activating group) is 1. The van der Waals surface area contributed by atoms with Gasteiger partial charge >= 0.3 is 0 Å². The summed E-state index contributed by atoms with van der Waals surface area (Å²) >= 11 is 0. The van der Waals surface area contributed by atoms with E-state index in [-0.39, 0.29) is 0 Å². The lowest BCUT2D eigenvalue weighted by Crippen LogP contribution is -2.57. The maximum atomic E-state index is 3.66. The Bertz CT molecular complexity index is 152. The topological polar surface area (TPSA) is 27.3 Å². The van der Waals surface area contributed by atoms with Crippen LogP contribution in [0, 0.1) is 0 Å². The van der Waals surface area contributed by atoms with Crippen LogP contribution in [0.25, 0.3) is 0 Å². The molecule has 1 spiro atoms. The van der Waals surface area contributed by atoms with E-state index in [0.29, 0.717) is 5.66 Å². The standard InChI is InChI=1S/C9H19N3/c1-2-12-8-7-11-9(12)3-5-10-6-4-9/h10-11H,2-8H2,1H3. The summed E-state index contributed by atoms with van der Waals surface area (Å²) in [6.07, 6.45) is 2.53. The highest BCUT2D eigenvalue weighted by Crippen LogP contribution is 2.25. The van der Waals surface area contributed by atoms with Crippen LogP contribution in [-0.4, -0.2) is 43.3 Å². The average Bonchev–Trinajstić information content (AvgIpc) is 2.49. The molecule has 70 valence electrons. The van der Waals surface area contributed by atoms with Crippen molar-refractivity contribution in [1.82, 2.24) is 15.5 Å². The largest absolute Gasteiger partial charge is 0.316 e. The molecule has 2 aliphatic rings. The molecule has 2 saturated heterocycles. The highest BCUT2D eigenvalue weighted by Gasteiger charge is 2.39. The van der Waals surface area contributed by atoms with Crippen molar-refractivity contribution in [3.63, 3.8) is 0 Å². The first-order valence-corrected chi connectivity index (χ1v) is 5.08. The zero-order chi connectivity index (χ0) is 8.44. The molecule has 0 bridgehead atoms. The molecule has 2 rings (SSSR count). The van der Waals surface area contributed by atoms with E-state index in [0.717, 1.165) is 0 Å². The van der Waals surface area contributed by atoms with Crippen molar-refractivity contribution < 1.29 is 0 Å². The predicted molar refractivity (Wildman–Crippen MR) is 50.1 cm³/mol. The Hall–Kier alpha value is -0.120. The van der Waals surface area contributed by atoms with Gasteiger partial charge < -0.3 is 5.32 Å².